The summed E-state index contributed by atoms with van der Waals surface area (Å²) in [5.41, 5.74) is 3.19. The third-order valence-corrected chi connectivity index (χ3v) is 5.54. The van der Waals surface area contributed by atoms with Crippen LogP contribution in [0.3, 0.4) is 0 Å². The molecule has 4 heteroatoms. The molecule has 27 heavy (non-hydrogen) atoms. The molecular formula is C23H26N2O2. The van der Waals surface area contributed by atoms with Gasteiger partial charge in [0.1, 0.15) is 0 Å². The Morgan fingerprint density at radius 3 is 2.22 bits per heavy atom. The number of carbonyl (C=O) groups is 2. The van der Waals surface area contributed by atoms with Crippen molar-refractivity contribution in [2.24, 2.45) is 0 Å². The van der Waals surface area contributed by atoms with E-state index in [-0.39, 0.29) is 11.8 Å². The first-order chi connectivity index (χ1) is 13.2. The first kappa shape index (κ1) is 17.8. The van der Waals surface area contributed by atoms with Gasteiger partial charge in [0.25, 0.3) is 11.8 Å². The fourth-order valence-electron chi connectivity index (χ4n) is 3.78. The lowest BCUT2D eigenvalue weighted by Gasteiger charge is -2.22. The van der Waals surface area contributed by atoms with Crippen LogP contribution in [0.2, 0.25) is 0 Å². The van der Waals surface area contributed by atoms with Crippen LogP contribution in [0.4, 0.5) is 5.69 Å². The van der Waals surface area contributed by atoms with E-state index < -0.39 is 0 Å². The van der Waals surface area contributed by atoms with Crippen LogP contribution in [-0.4, -0.2) is 17.9 Å². The molecule has 0 heterocycles. The zero-order valence-corrected chi connectivity index (χ0v) is 15.5. The first-order valence-electron chi connectivity index (χ1n) is 10.0. The van der Waals surface area contributed by atoms with Crippen LogP contribution in [0.1, 0.15) is 77.1 Å². The molecule has 2 N–H and O–H groups in total. The Kier molecular flexibility index (Phi) is 5.23. The van der Waals surface area contributed by atoms with Crippen molar-refractivity contribution < 1.29 is 9.59 Å². The lowest BCUT2D eigenvalue weighted by Crippen LogP contribution is -2.25. The SMILES string of the molecule is O=C(Nc1cccc(C(=O)NC2CC2)c1)c1ccc(C2CCCCC2)cc1. The maximum absolute atomic E-state index is 12.6. The lowest BCUT2D eigenvalue weighted by molar-refractivity contribution is 0.0949. The van der Waals surface area contributed by atoms with Crippen molar-refractivity contribution >= 4 is 17.5 Å². The van der Waals surface area contributed by atoms with Gasteiger partial charge >= 0.3 is 0 Å². The summed E-state index contributed by atoms with van der Waals surface area (Å²) in [5, 5.41) is 5.87. The third kappa shape index (κ3) is 4.57. The van der Waals surface area contributed by atoms with Crippen molar-refractivity contribution in [3.63, 3.8) is 0 Å². The van der Waals surface area contributed by atoms with E-state index in [4.69, 9.17) is 0 Å². The number of hydrogen-bond acceptors (Lipinski definition) is 2. The maximum atomic E-state index is 12.6. The highest BCUT2D eigenvalue weighted by molar-refractivity contribution is 6.05. The van der Waals surface area contributed by atoms with E-state index in [9.17, 15) is 9.59 Å². The normalized spacial score (nSPS) is 17.3. The highest BCUT2D eigenvalue weighted by Gasteiger charge is 2.24. The molecule has 0 radical (unpaired) electrons. The fraction of sp³-hybridized carbons (Fsp3) is 0.391. The van der Waals surface area contributed by atoms with Crippen LogP contribution in [0, 0.1) is 0 Å². The van der Waals surface area contributed by atoms with E-state index in [0.717, 1.165) is 12.8 Å². The number of carbonyl (C=O) groups excluding carboxylic acids is 2. The molecule has 4 nitrogen and oxygen atoms in total. The number of amides is 2. The molecular weight excluding hydrogens is 336 g/mol. The van der Waals surface area contributed by atoms with E-state index in [0.29, 0.717) is 28.8 Å². The maximum Gasteiger partial charge on any atom is 0.255 e. The van der Waals surface area contributed by atoms with E-state index in [1.54, 1.807) is 18.2 Å². The molecule has 2 aromatic rings. The molecule has 4 rings (SSSR count). The average Bonchev–Trinajstić information content (AvgIpc) is 3.53. The summed E-state index contributed by atoms with van der Waals surface area (Å²) < 4.78 is 0. The van der Waals surface area contributed by atoms with Crippen molar-refractivity contribution in [2.45, 2.75) is 56.9 Å². The third-order valence-electron chi connectivity index (χ3n) is 5.54. The van der Waals surface area contributed by atoms with Gasteiger partial charge in [-0.2, -0.15) is 0 Å². The predicted molar refractivity (Wildman–Crippen MR) is 107 cm³/mol. The summed E-state index contributed by atoms with van der Waals surface area (Å²) in [5.74, 6) is 0.410. The van der Waals surface area contributed by atoms with Crippen molar-refractivity contribution in [1.82, 2.24) is 5.32 Å². The number of rotatable bonds is 5. The molecule has 0 bridgehead atoms. The van der Waals surface area contributed by atoms with Gasteiger partial charge in [0.2, 0.25) is 0 Å². The van der Waals surface area contributed by atoms with Crippen LogP contribution >= 0.6 is 0 Å². The van der Waals surface area contributed by atoms with Crippen LogP contribution in [0.25, 0.3) is 0 Å². The van der Waals surface area contributed by atoms with Crippen molar-refractivity contribution in [1.29, 1.82) is 0 Å². The van der Waals surface area contributed by atoms with E-state index in [2.05, 4.69) is 22.8 Å². The number of nitrogens with one attached hydrogen (secondary N) is 2. The first-order valence-corrected chi connectivity index (χ1v) is 10.0. The summed E-state index contributed by atoms with van der Waals surface area (Å²) in [6, 6.07) is 15.4. The molecule has 2 saturated carbocycles. The van der Waals surface area contributed by atoms with E-state index in [1.165, 1.54) is 37.7 Å². The van der Waals surface area contributed by atoms with Crippen LogP contribution in [-0.2, 0) is 0 Å². The topological polar surface area (TPSA) is 58.2 Å². The van der Waals surface area contributed by atoms with Gasteiger partial charge in [-0.1, -0.05) is 37.5 Å². The van der Waals surface area contributed by atoms with Gasteiger partial charge in [-0.15, -0.1) is 0 Å². The molecule has 0 aliphatic heterocycles. The molecule has 0 unspecified atom stereocenters. The summed E-state index contributed by atoms with van der Waals surface area (Å²) in [7, 11) is 0. The molecule has 0 saturated heterocycles. The zero-order chi connectivity index (χ0) is 18.6. The van der Waals surface area contributed by atoms with Gasteiger partial charge in [-0.25, -0.2) is 0 Å². The summed E-state index contributed by atoms with van der Waals surface area (Å²) in [4.78, 5) is 24.7. The zero-order valence-electron chi connectivity index (χ0n) is 15.5. The van der Waals surface area contributed by atoms with Gasteiger partial charge in [-0.3, -0.25) is 9.59 Å². The average molecular weight is 362 g/mol. The van der Waals surface area contributed by atoms with Gasteiger partial charge in [-0.05, 0) is 67.5 Å². The van der Waals surface area contributed by atoms with Crippen LogP contribution in [0.15, 0.2) is 48.5 Å². The molecule has 2 amide bonds. The summed E-state index contributed by atoms with van der Waals surface area (Å²) in [6.45, 7) is 0. The molecule has 140 valence electrons. The predicted octanol–water partition coefficient (Wildman–Crippen LogP) is 4.88. The fourth-order valence-corrected chi connectivity index (χ4v) is 3.78. The Bertz CT molecular complexity index is 819. The van der Waals surface area contributed by atoms with E-state index in [1.807, 2.05) is 18.2 Å². The Morgan fingerprint density at radius 2 is 1.52 bits per heavy atom. The van der Waals surface area contributed by atoms with Gasteiger partial charge in [0.15, 0.2) is 0 Å². The minimum Gasteiger partial charge on any atom is -0.349 e. The Balaban J connectivity index is 1.40. The number of benzene rings is 2. The van der Waals surface area contributed by atoms with Gasteiger partial charge in [0.05, 0.1) is 0 Å². The van der Waals surface area contributed by atoms with Crippen molar-refractivity contribution in [3.05, 3.63) is 65.2 Å². The minimum atomic E-state index is -0.148. The van der Waals surface area contributed by atoms with Gasteiger partial charge < -0.3 is 10.6 Å². The van der Waals surface area contributed by atoms with Crippen molar-refractivity contribution in [2.75, 3.05) is 5.32 Å². The number of hydrogen-bond donors (Lipinski definition) is 2. The largest absolute Gasteiger partial charge is 0.349 e. The Hall–Kier alpha value is -2.62. The molecule has 0 aromatic heterocycles. The molecule has 2 fully saturated rings. The lowest BCUT2D eigenvalue weighted by atomic mass is 9.84. The smallest absolute Gasteiger partial charge is 0.255 e. The Morgan fingerprint density at radius 1 is 0.778 bits per heavy atom. The quantitative estimate of drug-likeness (QED) is 0.796. The minimum absolute atomic E-state index is 0.0783. The summed E-state index contributed by atoms with van der Waals surface area (Å²) in [6.07, 6.45) is 8.56. The molecule has 0 spiro atoms. The van der Waals surface area contributed by atoms with Crippen LogP contribution in [0.5, 0.6) is 0 Å². The molecule has 0 atom stereocenters. The van der Waals surface area contributed by atoms with Gasteiger partial charge in [0, 0.05) is 22.9 Å². The second-order valence-corrected chi connectivity index (χ2v) is 7.74. The Labute approximate surface area is 160 Å². The monoisotopic (exact) mass is 362 g/mol. The second kappa shape index (κ2) is 7.95. The summed E-state index contributed by atoms with van der Waals surface area (Å²) >= 11 is 0. The molecule has 2 aliphatic carbocycles. The highest BCUT2D eigenvalue weighted by atomic mass is 16.2. The molecule has 2 aromatic carbocycles. The number of anilines is 1. The highest BCUT2D eigenvalue weighted by Crippen LogP contribution is 2.32. The molecule has 2 aliphatic rings. The van der Waals surface area contributed by atoms with E-state index >= 15 is 0 Å². The van der Waals surface area contributed by atoms with Crippen LogP contribution < -0.4 is 10.6 Å². The second-order valence-electron chi connectivity index (χ2n) is 7.74. The van der Waals surface area contributed by atoms with Crippen molar-refractivity contribution in [3.8, 4) is 0 Å². The standard InChI is InChI=1S/C23H26N2O2/c26-22(18-11-9-17(10-12-18)16-5-2-1-3-6-16)25-21-8-4-7-19(15-21)23(27)24-20-13-14-20/h4,7-12,15-16,20H,1-3,5-6,13-14H2,(H,24,27)(H,25,26).